The first-order valence-electron chi connectivity index (χ1n) is 7.79. The van der Waals surface area contributed by atoms with Gasteiger partial charge in [-0.05, 0) is 49.1 Å². The van der Waals surface area contributed by atoms with Crippen molar-refractivity contribution >= 4 is 12.2 Å². The number of methoxy groups -OCH3 is 1. The average molecular weight is 358 g/mol. The molecule has 0 fully saturated rings. The molecule has 5 nitrogen and oxygen atoms in total. The molecule has 0 aliphatic heterocycles. The van der Waals surface area contributed by atoms with Crippen LogP contribution in [-0.2, 0) is 13.2 Å². The second kappa shape index (κ2) is 7.58. The van der Waals surface area contributed by atoms with Gasteiger partial charge in [0.2, 0.25) is 4.77 Å². The van der Waals surface area contributed by atoms with Crippen LogP contribution in [0.5, 0.6) is 5.75 Å². The van der Waals surface area contributed by atoms with E-state index in [1.807, 2.05) is 52.9 Å². The van der Waals surface area contributed by atoms with Gasteiger partial charge in [-0.25, -0.2) is 9.07 Å². The highest BCUT2D eigenvalue weighted by atomic mass is 32.1. The molecule has 0 amide bonds. The van der Waals surface area contributed by atoms with Gasteiger partial charge in [-0.2, -0.15) is 5.10 Å². The molecule has 0 saturated carbocycles. The normalized spacial score (nSPS) is 11.0. The van der Waals surface area contributed by atoms with Crippen molar-refractivity contribution in [3.8, 4) is 11.4 Å². The van der Waals surface area contributed by atoms with Crippen LogP contribution in [0.25, 0.3) is 5.69 Å². The first-order valence-corrected chi connectivity index (χ1v) is 8.20. The highest BCUT2D eigenvalue weighted by Crippen LogP contribution is 2.18. The molecule has 0 spiro atoms. The van der Waals surface area contributed by atoms with E-state index < -0.39 is 0 Å². The van der Waals surface area contributed by atoms with E-state index in [9.17, 15) is 4.39 Å². The number of nitrogens with zero attached hydrogens (tertiary/aromatic N) is 4. The standard InChI is InChI=1S/C18H19FN4OS/c1-21(11-14-8-9-17(24-2)16(19)10-14)13-23-18(25)22(12-20-23)15-6-4-3-5-7-15/h3-10,12H,11,13H2,1-2H3. The van der Waals surface area contributed by atoms with Gasteiger partial charge in [0.05, 0.1) is 13.8 Å². The van der Waals surface area contributed by atoms with Crippen molar-refractivity contribution in [2.24, 2.45) is 0 Å². The van der Waals surface area contributed by atoms with Crippen LogP contribution in [0, 0.1) is 10.6 Å². The Labute approximate surface area is 150 Å². The molecule has 0 unspecified atom stereocenters. The number of rotatable bonds is 6. The number of hydrogen-bond acceptors (Lipinski definition) is 4. The van der Waals surface area contributed by atoms with Crippen molar-refractivity contribution in [2.75, 3.05) is 14.2 Å². The Morgan fingerprint density at radius 2 is 1.96 bits per heavy atom. The Bertz CT molecular complexity index is 907. The molecule has 0 radical (unpaired) electrons. The molecular formula is C18H19FN4OS. The van der Waals surface area contributed by atoms with Gasteiger partial charge in [-0.1, -0.05) is 24.3 Å². The smallest absolute Gasteiger partial charge is 0.203 e. The summed E-state index contributed by atoms with van der Waals surface area (Å²) in [5, 5.41) is 4.36. The van der Waals surface area contributed by atoms with Gasteiger partial charge in [-0.3, -0.25) is 9.47 Å². The van der Waals surface area contributed by atoms with Crippen LogP contribution in [0.2, 0.25) is 0 Å². The molecule has 0 aliphatic rings. The van der Waals surface area contributed by atoms with Gasteiger partial charge in [0, 0.05) is 12.2 Å². The van der Waals surface area contributed by atoms with Crippen LogP contribution in [0.1, 0.15) is 5.56 Å². The monoisotopic (exact) mass is 358 g/mol. The number of para-hydroxylation sites is 1. The largest absolute Gasteiger partial charge is 0.494 e. The minimum Gasteiger partial charge on any atom is -0.494 e. The first kappa shape index (κ1) is 17.3. The number of benzene rings is 2. The lowest BCUT2D eigenvalue weighted by atomic mass is 10.2. The molecule has 1 aromatic heterocycles. The summed E-state index contributed by atoms with van der Waals surface area (Å²) in [6, 6.07) is 14.8. The fourth-order valence-corrected chi connectivity index (χ4v) is 2.86. The van der Waals surface area contributed by atoms with Crippen molar-refractivity contribution in [1.82, 2.24) is 19.2 Å². The molecule has 2 aromatic carbocycles. The highest BCUT2D eigenvalue weighted by molar-refractivity contribution is 7.71. The number of aromatic nitrogens is 3. The van der Waals surface area contributed by atoms with Crippen molar-refractivity contribution in [3.05, 3.63) is 71.0 Å². The zero-order valence-corrected chi connectivity index (χ0v) is 14.9. The quantitative estimate of drug-likeness (QED) is 0.630. The lowest BCUT2D eigenvalue weighted by molar-refractivity contribution is 0.243. The zero-order valence-electron chi connectivity index (χ0n) is 14.1. The molecular weight excluding hydrogens is 339 g/mol. The second-order valence-electron chi connectivity index (χ2n) is 5.74. The topological polar surface area (TPSA) is 35.2 Å². The lowest BCUT2D eigenvalue weighted by Crippen LogP contribution is -2.22. The summed E-state index contributed by atoms with van der Waals surface area (Å²) >= 11 is 5.50. The summed E-state index contributed by atoms with van der Waals surface area (Å²) in [6.07, 6.45) is 1.71. The third-order valence-electron chi connectivity index (χ3n) is 3.81. The maximum atomic E-state index is 13.8. The molecule has 3 aromatic rings. The van der Waals surface area contributed by atoms with Gasteiger partial charge in [-0.15, -0.1) is 0 Å². The summed E-state index contributed by atoms with van der Waals surface area (Å²) in [5.74, 6) is -0.117. The maximum Gasteiger partial charge on any atom is 0.203 e. The van der Waals surface area contributed by atoms with Crippen LogP contribution in [0.4, 0.5) is 4.39 Å². The van der Waals surface area contributed by atoms with Gasteiger partial charge < -0.3 is 4.74 Å². The van der Waals surface area contributed by atoms with Crippen LogP contribution < -0.4 is 4.74 Å². The van der Waals surface area contributed by atoms with E-state index in [-0.39, 0.29) is 11.6 Å². The summed E-state index contributed by atoms with van der Waals surface area (Å²) in [5.41, 5.74) is 1.83. The lowest BCUT2D eigenvalue weighted by Gasteiger charge is -2.17. The summed E-state index contributed by atoms with van der Waals surface area (Å²) in [7, 11) is 3.39. The Balaban J connectivity index is 1.71. The Morgan fingerprint density at radius 1 is 1.20 bits per heavy atom. The Kier molecular flexibility index (Phi) is 5.25. The van der Waals surface area contributed by atoms with E-state index in [0.29, 0.717) is 18.0 Å². The maximum absolute atomic E-state index is 13.8. The van der Waals surface area contributed by atoms with Gasteiger partial charge >= 0.3 is 0 Å². The van der Waals surface area contributed by atoms with Crippen LogP contribution in [-0.4, -0.2) is 33.4 Å². The van der Waals surface area contributed by atoms with E-state index in [2.05, 4.69) is 5.10 Å². The van der Waals surface area contributed by atoms with Crippen LogP contribution in [0.15, 0.2) is 54.9 Å². The third-order valence-corrected chi connectivity index (χ3v) is 4.22. The summed E-state index contributed by atoms with van der Waals surface area (Å²) < 4.78 is 22.9. The van der Waals surface area contributed by atoms with E-state index in [1.165, 1.54) is 13.2 Å². The Hall–Kier alpha value is -2.51. The van der Waals surface area contributed by atoms with Gasteiger partial charge in [0.15, 0.2) is 11.6 Å². The van der Waals surface area contributed by atoms with Crippen molar-refractivity contribution in [1.29, 1.82) is 0 Å². The molecule has 1 heterocycles. The van der Waals surface area contributed by atoms with E-state index in [4.69, 9.17) is 17.0 Å². The fourth-order valence-electron chi connectivity index (χ4n) is 2.60. The average Bonchev–Trinajstić information content (AvgIpc) is 2.96. The van der Waals surface area contributed by atoms with Crippen molar-refractivity contribution < 1.29 is 9.13 Å². The van der Waals surface area contributed by atoms with E-state index in [0.717, 1.165) is 11.3 Å². The molecule has 7 heteroatoms. The zero-order chi connectivity index (χ0) is 17.8. The number of hydrogen-bond donors (Lipinski definition) is 0. The molecule has 0 N–H and O–H groups in total. The minimum absolute atomic E-state index is 0.246. The van der Waals surface area contributed by atoms with E-state index in [1.54, 1.807) is 17.1 Å². The molecule has 0 bridgehead atoms. The van der Waals surface area contributed by atoms with Crippen molar-refractivity contribution in [3.63, 3.8) is 0 Å². The highest BCUT2D eigenvalue weighted by Gasteiger charge is 2.09. The van der Waals surface area contributed by atoms with Crippen LogP contribution >= 0.6 is 12.2 Å². The SMILES string of the molecule is COc1ccc(CN(C)Cn2ncn(-c3ccccc3)c2=S)cc1F. The minimum atomic E-state index is -0.363. The molecule has 0 atom stereocenters. The van der Waals surface area contributed by atoms with Crippen LogP contribution in [0.3, 0.4) is 0 Å². The molecule has 0 aliphatic carbocycles. The summed E-state index contributed by atoms with van der Waals surface area (Å²) in [6.45, 7) is 1.08. The first-order chi connectivity index (χ1) is 12.1. The Morgan fingerprint density at radius 3 is 2.64 bits per heavy atom. The number of halogens is 1. The molecule has 0 saturated heterocycles. The van der Waals surface area contributed by atoms with Gasteiger partial charge in [0.25, 0.3) is 0 Å². The molecule has 130 valence electrons. The predicted molar refractivity (Wildman–Crippen MR) is 96.8 cm³/mol. The van der Waals surface area contributed by atoms with Crippen molar-refractivity contribution in [2.45, 2.75) is 13.2 Å². The predicted octanol–water partition coefficient (Wildman–Crippen LogP) is 3.64. The second-order valence-corrected chi connectivity index (χ2v) is 6.11. The van der Waals surface area contributed by atoms with Gasteiger partial charge in [0.1, 0.15) is 6.33 Å². The third kappa shape index (κ3) is 3.94. The van der Waals surface area contributed by atoms with E-state index >= 15 is 0 Å². The summed E-state index contributed by atoms with van der Waals surface area (Å²) in [4.78, 5) is 2.01. The number of ether oxygens (including phenoxy) is 1. The molecule has 25 heavy (non-hydrogen) atoms. The fraction of sp³-hybridized carbons (Fsp3) is 0.222. The molecule has 3 rings (SSSR count).